The molecule has 4 rings (SSSR count). The quantitative estimate of drug-likeness (QED) is 0.756. The second-order valence-electron chi connectivity index (χ2n) is 8.31. The Morgan fingerprint density at radius 1 is 1.18 bits per heavy atom. The van der Waals surface area contributed by atoms with Crippen LogP contribution in [0.1, 0.15) is 54.1 Å². The largest absolute Gasteiger partial charge is 0.330 e. The van der Waals surface area contributed by atoms with E-state index < -0.39 is 6.04 Å². The summed E-state index contributed by atoms with van der Waals surface area (Å²) >= 11 is 0. The third-order valence-corrected chi connectivity index (χ3v) is 6.45. The van der Waals surface area contributed by atoms with Crippen molar-refractivity contribution in [2.75, 3.05) is 13.1 Å². The zero-order valence-electron chi connectivity index (χ0n) is 16.3. The normalized spacial score (nSPS) is 28.4. The van der Waals surface area contributed by atoms with E-state index in [0.717, 1.165) is 42.6 Å². The van der Waals surface area contributed by atoms with Gasteiger partial charge in [0.15, 0.2) is 0 Å². The fourth-order valence-corrected chi connectivity index (χ4v) is 4.72. The minimum Gasteiger partial charge on any atom is -0.330 e. The van der Waals surface area contributed by atoms with Crippen LogP contribution in [0.25, 0.3) is 0 Å². The van der Waals surface area contributed by atoms with E-state index in [1.54, 1.807) is 4.90 Å². The highest BCUT2D eigenvalue weighted by atomic mass is 16.2. The number of carbonyl (C=O) groups is 3. The fourth-order valence-electron chi connectivity index (χ4n) is 4.72. The van der Waals surface area contributed by atoms with Gasteiger partial charge in [-0.05, 0) is 49.8 Å². The van der Waals surface area contributed by atoms with Crippen molar-refractivity contribution in [1.82, 2.24) is 15.1 Å². The van der Waals surface area contributed by atoms with Crippen LogP contribution in [0.3, 0.4) is 0 Å². The third-order valence-electron chi connectivity index (χ3n) is 6.45. The van der Waals surface area contributed by atoms with Gasteiger partial charge in [0.25, 0.3) is 5.91 Å². The molecule has 3 aliphatic rings. The number of benzene rings is 1. The van der Waals surface area contributed by atoms with Crippen molar-refractivity contribution in [1.29, 1.82) is 0 Å². The van der Waals surface area contributed by atoms with Gasteiger partial charge >= 0.3 is 0 Å². The third kappa shape index (κ3) is 3.44. The molecular weight excluding hydrogens is 356 g/mol. The highest BCUT2D eigenvalue weighted by Gasteiger charge is 2.40. The number of imide groups is 1. The number of likely N-dealkylation sites (tertiary alicyclic amines) is 1. The lowest BCUT2D eigenvalue weighted by atomic mass is 9.92. The summed E-state index contributed by atoms with van der Waals surface area (Å²) in [6.45, 7) is 5.02. The molecular formula is C21H28N4O3. The van der Waals surface area contributed by atoms with Gasteiger partial charge in [-0.25, -0.2) is 0 Å². The van der Waals surface area contributed by atoms with Gasteiger partial charge in [-0.15, -0.1) is 0 Å². The number of piperidine rings is 2. The first-order valence-corrected chi connectivity index (χ1v) is 10.2. The van der Waals surface area contributed by atoms with Crippen molar-refractivity contribution >= 4 is 17.7 Å². The van der Waals surface area contributed by atoms with Crippen molar-refractivity contribution in [2.24, 2.45) is 11.7 Å². The Labute approximate surface area is 165 Å². The number of nitrogens with one attached hydrogen (secondary N) is 1. The number of carbonyl (C=O) groups excluding carboxylic acids is 3. The SMILES string of the molecule is CC1CCC(CN)CN1Cc1cccc2c1C(=O)N(C1CCC(=O)NC1=O)C2. The molecule has 0 saturated carbocycles. The monoisotopic (exact) mass is 384 g/mol. The Morgan fingerprint density at radius 3 is 2.75 bits per heavy atom. The molecule has 3 amide bonds. The van der Waals surface area contributed by atoms with Crippen molar-refractivity contribution in [3.8, 4) is 0 Å². The number of nitrogens with two attached hydrogens (primary N) is 1. The molecule has 3 atom stereocenters. The molecule has 3 N–H and O–H groups in total. The van der Waals surface area contributed by atoms with Crippen LogP contribution in [-0.2, 0) is 22.7 Å². The number of rotatable bonds is 4. The van der Waals surface area contributed by atoms with Gasteiger partial charge in [-0.3, -0.25) is 24.6 Å². The molecule has 2 saturated heterocycles. The van der Waals surface area contributed by atoms with E-state index in [9.17, 15) is 14.4 Å². The summed E-state index contributed by atoms with van der Waals surface area (Å²) < 4.78 is 0. The summed E-state index contributed by atoms with van der Waals surface area (Å²) in [5, 5.41) is 2.36. The van der Waals surface area contributed by atoms with Crippen LogP contribution in [-0.4, -0.2) is 52.7 Å². The molecule has 3 unspecified atom stereocenters. The Balaban J connectivity index is 1.55. The summed E-state index contributed by atoms with van der Waals surface area (Å²) in [5.41, 5.74) is 8.60. The zero-order chi connectivity index (χ0) is 19.8. The van der Waals surface area contributed by atoms with Crippen LogP contribution in [0.2, 0.25) is 0 Å². The standard InChI is InChI=1S/C21H28N4O3/c1-13-5-6-14(9-22)10-24(13)11-15-3-2-4-16-12-25(21(28)19(15)16)17-7-8-18(26)23-20(17)27/h2-4,13-14,17H,5-12,22H2,1H3,(H,23,26,27). The summed E-state index contributed by atoms with van der Waals surface area (Å²) in [4.78, 5) is 40.9. The van der Waals surface area contributed by atoms with Crippen LogP contribution in [0.15, 0.2) is 18.2 Å². The second kappa shape index (κ2) is 7.64. The van der Waals surface area contributed by atoms with Crippen LogP contribution < -0.4 is 11.1 Å². The lowest BCUT2D eigenvalue weighted by Gasteiger charge is -2.38. The highest BCUT2D eigenvalue weighted by molar-refractivity contribution is 6.05. The number of hydrogen-bond donors (Lipinski definition) is 2. The first-order chi connectivity index (χ1) is 13.5. The van der Waals surface area contributed by atoms with Gasteiger partial charge in [-0.2, -0.15) is 0 Å². The van der Waals surface area contributed by atoms with Gasteiger partial charge in [0, 0.05) is 37.7 Å². The Kier molecular flexibility index (Phi) is 5.21. The summed E-state index contributed by atoms with van der Waals surface area (Å²) in [5.74, 6) is -0.224. The van der Waals surface area contributed by atoms with E-state index in [-0.39, 0.29) is 24.1 Å². The van der Waals surface area contributed by atoms with Crippen molar-refractivity contribution in [3.05, 3.63) is 34.9 Å². The maximum Gasteiger partial charge on any atom is 0.255 e. The van der Waals surface area contributed by atoms with Gasteiger partial charge in [-0.1, -0.05) is 18.2 Å². The smallest absolute Gasteiger partial charge is 0.255 e. The molecule has 2 fully saturated rings. The van der Waals surface area contributed by atoms with E-state index >= 15 is 0 Å². The van der Waals surface area contributed by atoms with Gasteiger partial charge in [0.2, 0.25) is 11.8 Å². The molecule has 3 aliphatic heterocycles. The maximum atomic E-state index is 13.2. The molecule has 150 valence electrons. The van der Waals surface area contributed by atoms with Crippen LogP contribution in [0.5, 0.6) is 0 Å². The van der Waals surface area contributed by atoms with E-state index in [1.165, 1.54) is 0 Å². The van der Waals surface area contributed by atoms with Gasteiger partial charge in [0.1, 0.15) is 6.04 Å². The minimum atomic E-state index is -0.569. The number of amides is 3. The van der Waals surface area contributed by atoms with E-state index in [1.807, 2.05) is 18.2 Å². The topological polar surface area (TPSA) is 95.7 Å². The molecule has 1 aromatic rings. The van der Waals surface area contributed by atoms with Gasteiger partial charge in [0.05, 0.1) is 0 Å². The predicted molar refractivity (Wildman–Crippen MR) is 104 cm³/mol. The summed E-state index contributed by atoms with van der Waals surface area (Å²) in [6.07, 6.45) is 2.94. The lowest BCUT2D eigenvalue weighted by molar-refractivity contribution is -0.136. The molecule has 0 bridgehead atoms. The van der Waals surface area contributed by atoms with Crippen LogP contribution >= 0.6 is 0 Å². The molecule has 7 nitrogen and oxygen atoms in total. The molecule has 7 heteroatoms. The van der Waals surface area contributed by atoms with E-state index in [4.69, 9.17) is 5.73 Å². The molecule has 0 radical (unpaired) electrons. The Hall–Kier alpha value is -2.25. The average molecular weight is 384 g/mol. The highest BCUT2D eigenvalue weighted by Crippen LogP contribution is 2.32. The Morgan fingerprint density at radius 2 is 2.00 bits per heavy atom. The first-order valence-electron chi connectivity index (χ1n) is 10.2. The van der Waals surface area contributed by atoms with Crippen LogP contribution in [0.4, 0.5) is 0 Å². The lowest BCUT2D eigenvalue weighted by Crippen LogP contribution is -2.52. The van der Waals surface area contributed by atoms with Crippen molar-refractivity contribution in [2.45, 2.75) is 57.8 Å². The molecule has 1 aromatic carbocycles. The molecule has 28 heavy (non-hydrogen) atoms. The van der Waals surface area contributed by atoms with Crippen molar-refractivity contribution < 1.29 is 14.4 Å². The van der Waals surface area contributed by atoms with Crippen LogP contribution in [0, 0.1) is 5.92 Å². The molecule has 3 heterocycles. The van der Waals surface area contributed by atoms with Gasteiger partial charge < -0.3 is 10.6 Å². The second-order valence-corrected chi connectivity index (χ2v) is 8.31. The number of fused-ring (bicyclic) bond motifs is 1. The maximum absolute atomic E-state index is 13.2. The molecule has 0 spiro atoms. The molecule has 0 aromatic heterocycles. The van der Waals surface area contributed by atoms with E-state index in [2.05, 4.69) is 17.1 Å². The number of hydrogen-bond acceptors (Lipinski definition) is 5. The molecule has 0 aliphatic carbocycles. The summed E-state index contributed by atoms with van der Waals surface area (Å²) in [6, 6.07) is 5.86. The first kappa shape index (κ1) is 19.1. The zero-order valence-corrected chi connectivity index (χ0v) is 16.3. The fraction of sp³-hybridized carbons (Fsp3) is 0.571. The minimum absolute atomic E-state index is 0.0971. The predicted octanol–water partition coefficient (Wildman–Crippen LogP) is 1.01. The van der Waals surface area contributed by atoms with Crippen molar-refractivity contribution in [3.63, 3.8) is 0 Å². The Bertz CT molecular complexity index is 809. The number of nitrogens with zero attached hydrogens (tertiary/aromatic N) is 2. The van der Waals surface area contributed by atoms with E-state index in [0.29, 0.717) is 31.5 Å². The average Bonchev–Trinajstić information content (AvgIpc) is 3.01. The summed E-state index contributed by atoms with van der Waals surface area (Å²) in [7, 11) is 0.